The zero-order valence-corrected chi connectivity index (χ0v) is 11.1. The van der Waals surface area contributed by atoms with Crippen LogP contribution in [0.1, 0.15) is 12.8 Å². The quantitative estimate of drug-likeness (QED) is 0.843. The summed E-state index contributed by atoms with van der Waals surface area (Å²) < 4.78 is 0. The van der Waals surface area contributed by atoms with E-state index in [9.17, 15) is 14.4 Å². The summed E-state index contributed by atoms with van der Waals surface area (Å²) >= 11 is 5.78. The summed E-state index contributed by atoms with van der Waals surface area (Å²) in [5, 5.41) is 9.61. The highest BCUT2D eigenvalue weighted by atomic mass is 35.5. The molecule has 0 spiro atoms. The van der Waals surface area contributed by atoms with E-state index in [-0.39, 0.29) is 5.91 Å². The first-order valence-electron chi connectivity index (χ1n) is 6.15. The molecule has 3 rings (SSSR count). The molecule has 1 N–H and O–H groups in total. The van der Waals surface area contributed by atoms with Crippen LogP contribution in [0.3, 0.4) is 0 Å². The molecule has 0 aromatic heterocycles. The minimum absolute atomic E-state index is 0.311. The minimum Gasteiger partial charge on any atom is -0.480 e. The molecule has 2 aliphatic rings. The molecule has 1 aromatic rings. The molecule has 2 atom stereocenters. The van der Waals surface area contributed by atoms with Crippen LogP contribution in [0.25, 0.3) is 0 Å². The molecule has 6 nitrogen and oxygen atoms in total. The van der Waals surface area contributed by atoms with Gasteiger partial charge in [0.25, 0.3) is 5.91 Å². The summed E-state index contributed by atoms with van der Waals surface area (Å²) in [6, 6.07) is 4.12. The van der Waals surface area contributed by atoms with Gasteiger partial charge in [0, 0.05) is 5.02 Å². The summed E-state index contributed by atoms with van der Waals surface area (Å²) in [6.07, 6.45) is 0.692. The van der Waals surface area contributed by atoms with Gasteiger partial charge in [-0.1, -0.05) is 11.6 Å². The fourth-order valence-electron chi connectivity index (χ4n) is 2.75. The lowest BCUT2D eigenvalue weighted by molar-refractivity contribution is -0.141. The van der Waals surface area contributed by atoms with Gasteiger partial charge in [-0.2, -0.15) is 0 Å². The molecule has 1 aromatic carbocycles. The first-order chi connectivity index (χ1) is 9.50. The maximum Gasteiger partial charge on any atom is 0.332 e. The molecular weight excluding hydrogens is 284 g/mol. The summed E-state index contributed by atoms with van der Waals surface area (Å²) in [6.45, 7) is 0. The van der Waals surface area contributed by atoms with Crippen molar-refractivity contribution in [1.82, 2.24) is 4.90 Å². The van der Waals surface area contributed by atoms with Crippen molar-refractivity contribution in [3.05, 3.63) is 29.3 Å². The third-order valence-corrected chi connectivity index (χ3v) is 3.92. The number of rotatable bonds is 2. The molecule has 2 unspecified atom stereocenters. The molecule has 3 amide bonds. The molecule has 2 heterocycles. The Labute approximate surface area is 119 Å². The number of carbonyl (C=O) groups is 3. The molecule has 2 fully saturated rings. The zero-order valence-electron chi connectivity index (χ0n) is 10.3. The van der Waals surface area contributed by atoms with Crippen LogP contribution in [0.15, 0.2) is 24.3 Å². The Kier molecular flexibility index (Phi) is 2.90. The lowest BCUT2D eigenvalue weighted by Crippen LogP contribution is -2.42. The van der Waals surface area contributed by atoms with Crippen molar-refractivity contribution >= 4 is 35.2 Å². The van der Waals surface area contributed by atoms with Crippen LogP contribution < -0.4 is 4.90 Å². The highest BCUT2D eigenvalue weighted by Crippen LogP contribution is 2.35. The molecule has 0 saturated carbocycles. The molecule has 0 radical (unpaired) electrons. The van der Waals surface area contributed by atoms with Crippen molar-refractivity contribution in [2.75, 3.05) is 4.90 Å². The highest BCUT2D eigenvalue weighted by molar-refractivity contribution is 6.30. The van der Waals surface area contributed by atoms with Crippen LogP contribution in [-0.2, 0) is 9.59 Å². The first-order valence-corrected chi connectivity index (χ1v) is 6.53. The number of nitrogens with zero attached hydrogens (tertiary/aromatic N) is 2. The van der Waals surface area contributed by atoms with E-state index in [4.69, 9.17) is 16.7 Å². The second kappa shape index (κ2) is 4.49. The Bertz CT molecular complexity index is 601. The highest BCUT2D eigenvalue weighted by Gasteiger charge is 2.54. The van der Waals surface area contributed by atoms with Gasteiger partial charge in [0.1, 0.15) is 12.1 Å². The monoisotopic (exact) mass is 294 g/mol. The molecule has 104 valence electrons. The van der Waals surface area contributed by atoms with E-state index in [2.05, 4.69) is 0 Å². The number of amides is 3. The van der Waals surface area contributed by atoms with E-state index in [0.29, 0.717) is 23.6 Å². The number of hydrogen-bond donors (Lipinski definition) is 1. The number of aliphatic carboxylic acids is 1. The van der Waals surface area contributed by atoms with E-state index in [1.165, 1.54) is 4.90 Å². The summed E-state index contributed by atoms with van der Waals surface area (Å²) in [5.74, 6) is -1.45. The van der Waals surface area contributed by atoms with Gasteiger partial charge in [0.2, 0.25) is 0 Å². The number of halogens is 1. The third kappa shape index (κ3) is 1.76. The van der Waals surface area contributed by atoms with Gasteiger partial charge in [-0.15, -0.1) is 0 Å². The van der Waals surface area contributed by atoms with Gasteiger partial charge < -0.3 is 5.11 Å². The number of fused-ring (bicyclic) bond motifs is 1. The largest absolute Gasteiger partial charge is 0.480 e. The minimum atomic E-state index is -1.08. The molecule has 0 aliphatic carbocycles. The van der Waals surface area contributed by atoms with Crippen molar-refractivity contribution in [2.45, 2.75) is 24.9 Å². The Morgan fingerprint density at radius 2 is 1.85 bits per heavy atom. The van der Waals surface area contributed by atoms with Crippen molar-refractivity contribution < 1.29 is 19.5 Å². The topological polar surface area (TPSA) is 77.9 Å². The normalized spacial score (nSPS) is 25.2. The number of anilines is 1. The average Bonchev–Trinajstić information content (AvgIpc) is 2.94. The average molecular weight is 295 g/mol. The number of carboxylic acid groups (broad SMARTS) is 1. The van der Waals surface area contributed by atoms with E-state index in [1.54, 1.807) is 24.3 Å². The fraction of sp³-hybridized carbons (Fsp3) is 0.308. The standard InChI is InChI=1S/C13H11ClN2O4/c14-7-1-3-8(4-2-7)15-11(17)9-5-6-10(12(18)19)16(9)13(15)20/h1-4,9-10H,5-6H2,(H,18,19). The van der Waals surface area contributed by atoms with Crippen LogP contribution in [0.5, 0.6) is 0 Å². The Balaban J connectivity index is 1.96. The van der Waals surface area contributed by atoms with Crippen LogP contribution in [-0.4, -0.2) is 40.0 Å². The summed E-state index contributed by atoms with van der Waals surface area (Å²) in [5.41, 5.74) is 0.405. The molecule has 2 saturated heterocycles. The second-order valence-corrected chi connectivity index (χ2v) is 5.22. The maximum absolute atomic E-state index is 12.3. The van der Waals surface area contributed by atoms with E-state index in [1.807, 2.05) is 0 Å². The number of benzene rings is 1. The van der Waals surface area contributed by atoms with Crippen molar-refractivity contribution in [2.24, 2.45) is 0 Å². The summed E-state index contributed by atoms with van der Waals surface area (Å²) in [4.78, 5) is 38.0. The number of carbonyl (C=O) groups excluding carboxylic acids is 2. The number of urea groups is 1. The lowest BCUT2D eigenvalue weighted by Gasteiger charge is -2.20. The van der Waals surface area contributed by atoms with E-state index >= 15 is 0 Å². The number of imide groups is 1. The third-order valence-electron chi connectivity index (χ3n) is 3.67. The van der Waals surface area contributed by atoms with Crippen LogP contribution in [0.4, 0.5) is 10.5 Å². The smallest absolute Gasteiger partial charge is 0.332 e. The Hall–Kier alpha value is -2.08. The predicted molar refractivity (Wildman–Crippen MR) is 70.6 cm³/mol. The number of carboxylic acids is 1. The SMILES string of the molecule is O=C(O)C1CCC2C(=O)N(c3ccc(Cl)cc3)C(=O)N12. The van der Waals surface area contributed by atoms with Gasteiger partial charge in [-0.05, 0) is 37.1 Å². The second-order valence-electron chi connectivity index (χ2n) is 4.79. The maximum atomic E-state index is 12.3. The zero-order chi connectivity index (χ0) is 14.4. The first kappa shape index (κ1) is 12.9. The predicted octanol–water partition coefficient (Wildman–Crippen LogP) is 1.72. The van der Waals surface area contributed by atoms with Gasteiger partial charge >= 0.3 is 12.0 Å². The molecule has 20 heavy (non-hydrogen) atoms. The van der Waals surface area contributed by atoms with E-state index < -0.39 is 24.1 Å². The van der Waals surface area contributed by atoms with Crippen molar-refractivity contribution in [3.63, 3.8) is 0 Å². The van der Waals surface area contributed by atoms with Crippen molar-refractivity contribution in [3.8, 4) is 0 Å². The van der Waals surface area contributed by atoms with Crippen LogP contribution >= 0.6 is 11.6 Å². The van der Waals surface area contributed by atoms with Gasteiger partial charge in [-0.3, -0.25) is 9.69 Å². The van der Waals surface area contributed by atoms with Gasteiger partial charge in [0.15, 0.2) is 0 Å². The van der Waals surface area contributed by atoms with Crippen LogP contribution in [0, 0.1) is 0 Å². The van der Waals surface area contributed by atoms with Crippen LogP contribution in [0.2, 0.25) is 5.02 Å². The molecule has 2 aliphatic heterocycles. The van der Waals surface area contributed by atoms with Crippen molar-refractivity contribution in [1.29, 1.82) is 0 Å². The molecule has 7 heteroatoms. The Morgan fingerprint density at radius 1 is 1.20 bits per heavy atom. The fourth-order valence-corrected chi connectivity index (χ4v) is 2.88. The number of hydrogen-bond acceptors (Lipinski definition) is 3. The summed E-state index contributed by atoms with van der Waals surface area (Å²) in [7, 11) is 0. The molecular formula is C13H11ClN2O4. The van der Waals surface area contributed by atoms with Gasteiger partial charge in [-0.25, -0.2) is 14.5 Å². The van der Waals surface area contributed by atoms with E-state index in [0.717, 1.165) is 4.90 Å². The Morgan fingerprint density at radius 3 is 2.45 bits per heavy atom. The lowest BCUT2D eigenvalue weighted by atomic mass is 10.1. The molecule has 0 bridgehead atoms. The van der Waals surface area contributed by atoms with Gasteiger partial charge in [0.05, 0.1) is 5.69 Å².